The van der Waals surface area contributed by atoms with E-state index in [1.165, 1.54) is 0 Å². The van der Waals surface area contributed by atoms with Crippen LogP contribution < -0.4 is 10.6 Å². The second kappa shape index (κ2) is 7.95. The molecular formula is C21H23N3O3. The first-order valence-electron chi connectivity index (χ1n) is 8.88. The largest absolute Gasteiger partial charge is 0.465 e. The van der Waals surface area contributed by atoms with Crippen molar-refractivity contribution in [3.8, 4) is 0 Å². The number of H-pyrrole nitrogens is 1. The smallest absolute Gasteiger partial charge is 0.405 e. The zero-order valence-electron chi connectivity index (χ0n) is 15.3. The molecule has 0 saturated heterocycles. The molecule has 0 spiro atoms. The van der Waals surface area contributed by atoms with Crippen molar-refractivity contribution in [2.75, 3.05) is 0 Å². The minimum absolute atomic E-state index is 0.230. The highest BCUT2D eigenvalue weighted by molar-refractivity contribution is 5.89. The monoisotopic (exact) mass is 365 g/mol. The summed E-state index contributed by atoms with van der Waals surface area (Å²) in [7, 11) is 0. The quantitative estimate of drug-likeness (QED) is 0.535. The van der Waals surface area contributed by atoms with Gasteiger partial charge in [-0.1, -0.05) is 55.5 Å². The second-order valence-electron chi connectivity index (χ2n) is 6.65. The second-order valence-corrected chi connectivity index (χ2v) is 6.65. The van der Waals surface area contributed by atoms with Crippen LogP contribution in [0, 0.1) is 0 Å². The van der Waals surface area contributed by atoms with Gasteiger partial charge in [0, 0.05) is 23.0 Å². The third-order valence-electron chi connectivity index (χ3n) is 4.83. The van der Waals surface area contributed by atoms with E-state index in [2.05, 4.69) is 15.6 Å². The van der Waals surface area contributed by atoms with Gasteiger partial charge in [-0.05, 0) is 24.1 Å². The molecule has 3 rings (SSSR count). The lowest BCUT2D eigenvalue weighted by Crippen LogP contribution is -2.49. The maximum atomic E-state index is 12.9. The summed E-state index contributed by atoms with van der Waals surface area (Å²) in [5, 5.41) is 15.5. The topological polar surface area (TPSA) is 94.2 Å². The molecule has 2 amide bonds. The number of carbonyl (C=O) groups excluding carboxylic acids is 1. The van der Waals surface area contributed by atoms with Crippen LogP contribution >= 0.6 is 0 Å². The van der Waals surface area contributed by atoms with Gasteiger partial charge in [0.25, 0.3) is 0 Å². The molecule has 0 radical (unpaired) electrons. The molecule has 3 unspecified atom stereocenters. The van der Waals surface area contributed by atoms with E-state index in [4.69, 9.17) is 0 Å². The highest BCUT2D eigenvalue weighted by Gasteiger charge is 2.30. The Hall–Kier alpha value is -3.28. The van der Waals surface area contributed by atoms with E-state index in [-0.39, 0.29) is 17.9 Å². The molecule has 1 aromatic heterocycles. The van der Waals surface area contributed by atoms with Gasteiger partial charge in [-0.15, -0.1) is 0 Å². The Morgan fingerprint density at radius 3 is 2.33 bits per heavy atom. The number of rotatable bonds is 6. The molecule has 0 aliphatic heterocycles. The van der Waals surface area contributed by atoms with Gasteiger partial charge < -0.3 is 20.7 Å². The molecule has 2 aromatic carbocycles. The van der Waals surface area contributed by atoms with Crippen molar-refractivity contribution in [1.29, 1.82) is 0 Å². The zero-order chi connectivity index (χ0) is 19.4. The van der Waals surface area contributed by atoms with Gasteiger partial charge in [-0.25, -0.2) is 4.79 Å². The summed E-state index contributed by atoms with van der Waals surface area (Å²) in [5.74, 6) is -0.702. The molecule has 6 nitrogen and oxygen atoms in total. The van der Waals surface area contributed by atoms with E-state index >= 15 is 0 Å². The number of amides is 2. The SMILES string of the molecule is CC(NC(=O)C(NC(=O)O)C(C)c1c[nH]c2ccccc12)c1ccccc1. The maximum Gasteiger partial charge on any atom is 0.405 e. The molecule has 6 heteroatoms. The van der Waals surface area contributed by atoms with E-state index in [1.54, 1.807) is 0 Å². The van der Waals surface area contributed by atoms with Gasteiger partial charge in [0.1, 0.15) is 6.04 Å². The van der Waals surface area contributed by atoms with Crippen LogP contribution in [0.2, 0.25) is 0 Å². The summed E-state index contributed by atoms with van der Waals surface area (Å²) in [6, 6.07) is 16.2. The lowest BCUT2D eigenvalue weighted by molar-refractivity contribution is -0.124. The molecule has 3 aromatic rings. The number of aromatic nitrogens is 1. The summed E-state index contributed by atoms with van der Waals surface area (Å²) >= 11 is 0. The first-order valence-corrected chi connectivity index (χ1v) is 8.88. The van der Waals surface area contributed by atoms with Crippen LogP contribution in [0.25, 0.3) is 10.9 Å². The van der Waals surface area contributed by atoms with Crippen LogP contribution in [0.1, 0.15) is 36.9 Å². The molecule has 0 fully saturated rings. The number of carboxylic acid groups (broad SMARTS) is 1. The first kappa shape index (κ1) is 18.5. The molecule has 4 N–H and O–H groups in total. The predicted octanol–water partition coefficient (Wildman–Crippen LogP) is 3.79. The van der Waals surface area contributed by atoms with E-state index in [0.717, 1.165) is 22.0 Å². The van der Waals surface area contributed by atoms with Gasteiger partial charge in [-0.2, -0.15) is 0 Å². The number of fused-ring (bicyclic) bond motifs is 1. The Morgan fingerprint density at radius 2 is 1.63 bits per heavy atom. The van der Waals surface area contributed by atoms with Crippen molar-refractivity contribution >= 4 is 22.9 Å². The molecule has 0 saturated carbocycles. The molecule has 1 heterocycles. The highest BCUT2D eigenvalue weighted by atomic mass is 16.4. The van der Waals surface area contributed by atoms with E-state index in [1.807, 2.05) is 74.6 Å². The summed E-state index contributed by atoms with van der Waals surface area (Å²) in [4.78, 5) is 27.4. The summed E-state index contributed by atoms with van der Waals surface area (Å²) < 4.78 is 0. The summed E-state index contributed by atoms with van der Waals surface area (Å²) in [6.07, 6.45) is 0.606. The number of hydrogen-bond donors (Lipinski definition) is 4. The number of para-hydroxylation sites is 1. The van der Waals surface area contributed by atoms with E-state index in [0.29, 0.717) is 0 Å². The first-order chi connectivity index (χ1) is 13.0. The fourth-order valence-corrected chi connectivity index (χ4v) is 3.33. The lowest BCUT2D eigenvalue weighted by atomic mass is 9.92. The summed E-state index contributed by atoms with van der Waals surface area (Å²) in [5.41, 5.74) is 2.80. The van der Waals surface area contributed by atoms with Gasteiger partial charge in [0.15, 0.2) is 0 Å². The van der Waals surface area contributed by atoms with Crippen LogP contribution in [-0.4, -0.2) is 28.1 Å². The Balaban J connectivity index is 1.84. The zero-order valence-corrected chi connectivity index (χ0v) is 15.3. The standard InChI is InChI=1S/C21H23N3O3/c1-13(17-12-22-18-11-7-6-10-16(17)18)19(24-21(26)27)20(25)23-14(2)15-8-4-3-5-9-15/h3-14,19,22,24H,1-2H3,(H,23,25)(H,26,27). The average molecular weight is 365 g/mol. The molecule has 0 aliphatic carbocycles. The summed E-state index contributed by atoms with van der Waals surface area (Å²) in [6.45, 7) is 3.73. The maximum absolute atomic E-state index is 12.9. The van der Waals surface area contributed by atoms with Crippen molar-refractivity contribution < 1.29 is 14.7 Å². The Kier molecular flexibility index (Phi) is 5.45. The van der Waals surface area contributed by atoms with Gasteiger partial charge in [-0.3, -0.25) is 4.79 Å². The van der Waals surface area contributed by atoms with Crippen molar-refractivity contribution in [2.24, 2.45) is 0 Å². The van der Waals surface area contributed by atoms with Crippen LogP contribution in [0.5, 0.6) is 0 Å². The number of hydrogen-bond acceptors (Lipinski definition) is 2. The normalized spacial score (nSPS) is 14.3. The Morgan fingerprint density at radius 1 is 0.963 bits per heavy atom. The van der Waals surface area contributed by atoms with E-state index in [9.17, 15) is 14.7 Å². The van der Waals surface area contributed by atoms with E-state index < -0.39 is 12.1 Å². The fraction of sp³-hybridized carbons (Fsp3) is 0.238. The number of nitrogens with one attached hydrogen (secondary N) is 3. The fourth-order valence-electron chi connectivity index (χ4n) is 3.33. The number of benzene rings is 2. The number of aromatic amines is 1. The molecule has 140 valence electrons. The molecule has 27 heavy (non-hydrogen) atoms. The van der Waals surface area contributed by atoms with Crippen LogP contribution in [-0.2, 0) is 4.79 Å². The molecule has 0 aliphatic rings. The molecule has 0 bridgehead atoms. The van der Waals surface area contributed by atoms with Crippen LogP contribution in [0.15, 0.2) is 60.8 Å². The Bertz CT molecular complexity index is 936. The third kappa shape index (κ3) is 4.11. The Labute approximate surface area is 157 Å². The van der Waals surface area contributed by atoms with Crippen molar-refractivity contribution in [3.63, 3.8) is 0 Å². The molecular weight excluding hydrogens is 342 g/mol. The van der Waals surface area contributed by atoms with Crippen molar-refractivity contribution in [1.82, 2.24) is 15.6 Å². The van der Waals surface area contributed by atoms with Crippen molar-refractivity contribution in [3.05, 3.63) is 71.9 Å². The lowest BCUT2D eigenvalue weighted by Gasteiger charge is -2.25. The minimum Gasteiger partial charge on any atom is -0.465 e. The predicted molar refractivity (Wildman–Crippen MR) is 105 cm³/mol. The third-order valence-corrected chi connectivity index (χ3v) is 4.83. The van der Waals surface area contributed by atoms with Crippen LogP contribution in [0.3, 0.4) is 0 Å². The van der Waals surface area contributed by atoms with Gasteiger partial charge in [0.2, 0.25) is 5.91 Å². The minimum atomic E-state index is -1.23. The van der Waals surface area contributed by atoms with Crippen molar-refractivity contribution in [2.45, 2.75) is 31.8 Å². The molecule has 3 atom stereocenters. The average Bonchev–Trinajstić information content (AvgIpc) is 3.10. The number of carbonyl (C=O) groups is 2. The van der Waals surface area contributed by atoms with Crippen LogP contribution in [0.4, 0.5) is 4.79 Å². The van der Waals surface area contributed by atoms with Gasteiger partial charge >= 0.3 is 6.09 Å². The highest BCUT2D eigenvalue weighted by Crippen LogP contribution is 2.28. The van der Waals surface area contributed by atoms with Gasteiger partial charge in [0.05, 0.1) is 6.04 Å².